The van der Waals surface area contributed by atoms with E-state index in [1.54, 1.807) is 11.3 Å². The minimum atomic E-state index is -0.268. The number of nitrogens with zero attached hydrogens (tertiary/aromatic N) is 2. The van der Waals surface area contributed by atoms with Crippen molar-refractivity contribution in [3.63, 3.8) is 0 Å². The van der Waals surface area contributed by atoms with E-state index in [0.29, 0.717) is 13.0 Å². The fourth-order valence-corrected chi connectivity index (χ4v) is 2.83. The molecule has 2 rings (SSSR count). The molecule has 1 atom stereocenters. The average Bonchev–Trinajstić information content (AvgIpc) is 2.81. The molecule has 0 fully saturated rings. The number of anilines is 2. The van der Waals surface area contributed by atoms with Crippen LogP contribution in [-0.4, -0.2) is 27.7 Å². The van der Waals surface area contributed by atoms with Gasteiger partial charge in [0.1, 0.15) is 10.6 Å². The van der Waals surface area contributed by atoms with Gasteiger partial charge in [-0.25, -0.2) is 4.98 Å². The predicted octanol–water partition coefficient (Wildman–Crippen LogP) is 2.41. The van der Waals surface area contributed by atoms with E-state index < -0.39 is 0 Å². The van der Waals surface area contributed by atoms with E-state index in [2.05, 4.69) is 28.3 Å². The summed E-state index contributed by atoms with van der Waals surface area (Å²) < 4.78 is 0. The van der Waals surface area contributed by atoms with Gasteiger partial charge in [0.25, 0.3) is 0 Å². The van der Waals surface area contributed by atoms with Gasteiger partial charge in [-0.15, -0.1) is 11.3 Å². The van der Waals surface area contributed by atoms with E-state index >= 15 is 0 Å². The van der Waals surface area contributed by atoms with Crippen LogP contribution in [0, 0.1) is 0 Å². The van der Waals surface area contributed by atoms with Gasteiger partial charge in [-0.2, -0.15) is 4.98 Å². The Kier molecular flexibility index (Phi) is 4.55. The van der Waals surface area contributed by atoms with E-state index in [4.69, 9.17) is 5.73 Å². The number of aryl methyl sites for hydroxylation is 1. The fourth-order valence-electron chi connectivity index (χ4n) is 1.86. The molecule has 5 nitrogen and oxygen atoms in total. The molecule has 4 N–H and O–H groups in total. The molecule has 0 aliphatic rings. The minimum absolute atomic E-state index is 0.268. The zero-order valence-electron chi connectivity index (χ0n) is 11.3. The zero-order chi connectivity index (χ0) is 13.8. The van der Waals surface area contributed by atoms with Crippen molar-refractivity contribution < 1.29 is 5.11 Å². The fraction of sp³-hybridized carbons (Fsp3) is 0.538. The van der Waals surface area contributed by atoms with Crippen molar-refractivity contribution in [1.82, 2.24) is 9.97 Å². The van der Waals surface area contributed by atoms with Crippen LogP contribution in [0.1, 0.15) is 31.6 Å². The van der Waals surface area contributed by atoms with Crippen molar-refractivity contribution in [3.8, 4) is 0 Å². The molecule has 2 aromatic rings. The second-order valence-electron chi connectivity index (χ2n) is 4.49. The van der Waals surface area contributed by atoms with Gasteiger partial charge in [-0.3, -0.25) is 0 Å². The molecule has 0 aromatic carbocycles. The van der Waals surface area contributed by atoms with E-state index in [-0.39, 0.29) is 12.1 Å². The van der Waals surface area contributed by atoms with Gasteiger partial charge in [0.2, 0.25) is 5.95 Å². The summed E-state index contributed by atoms with van der Waals surface area (Å²) in [5.74, 6) is 1.05. The topological polar surface area (TPSA) is 84.1 Å². The molecule has 0 aliphatic heterocycles. The van der Waals surface area contributed by atoms with Crippen molar-refractivity contribution in [2.24, 2.45) is 0 Å². The molecule has 0 saturated heterocycles. The number of nitrogens with two attached hydrogens (primary N) is 1. The predicted molar refractivity (Wildman–Crippen MR) is 80.6 cm³/mol. The largest absolute Gasteiger partial charge is 0.393 e. The second-order valence-corrected chi connectivity index (χ2v) is 5.61. The van der Waals surface area contributed by atoms with E-state index in [1.807, 2.05) is 6.92 Å². The number of rotatable bonds is 6. The first-order valence-corrected chi connectivity index (χ1v) is 7.43. The number of nitrogens with one attached hydrogen (secondary N) is 1. The molecule has 19 heavy (non-hydrogen) atoms. The summed E-state index contributed by atoms with van der Waals surface area (Å²) >= 11 is 1.65. The number of aliphatic hydroxyl groups is 1. The van der Waals surface area contributed by atoms with Crippen LogP contribution in [-0.2, 0) is 6.42 Å². The Morgan fingerprint density at radius 1 is 1.42 bits per heavy atom. The lowest BCUT2D eigenvalue weighted by molar-refractivity contribution is 0.164. The third-order valence-corrected chi connectivity index (χ3v) is 4.22. The molecular weight excluding hydrogens is 260 g/mol. The molecule has 0 bridgehead atoms. The average molecular weight is 280 g/mol. The van der Waals surface area contributed by atoms with Crippen molar-refractivity contribution in [1.29, 1.82) is 0 Å². The van der Waals surface area contributed by atoms with Gasteiger partial charge in [0.05, 0.1) is 11.5 Å². The highest BCUT2D eigenvalue weighted by Crippen LogP contribution is 2.29. The highest BCUT2D eigenvalue weighted by Gasteiger charge is 2.10. The van der Waals surface area contributed by atoms with Gasteiger partial charge in [0.15, 0.2) is 0 Å². The van der Waals surface area contributed by atoms with Crippen molar-refractivity contribution in [3.05, 3.63) is 10.9 Å². The van der Waals surface area contributed by atoms with Gasteiger partial charge < -0.3 is 16.2 Å². The number of nitrogen functional groups attached to an aromatic ring is 1. The van der Waals surface area contributed by atoms with Crippen LogP contribution < -0.4 is 11.1 Å². The van der Waals surface area contributed by atoms with Gasteiger partial charge in [-0.05, 0) is 25.3 Å². The number of aliphatic hydroxyl groups excluding tert-OH is 1. The second kappa shape index (κ2) is 6.16. The molecule has 2 heterocycles. The van der Waals surface area contributed by atoms with Crippen LogP contribution in [0.5, 0.6) is 0 Å². The van der Waals surface area contributed by atoms with Gasteiger partial charge in [0, 0.05) is 11.4 Å². The summed E-state index contributed by atoms with van der Waals surface area (Å²) in [5.41, 5.74) is 5.73. The van der Waals surface area contributed by atoms with E-state index in [0.717, 1.165) is 28.9 Å². The van der Waals surface area contributed by atoms with Crippen LogP contribution in [0.15, 0.2) is 6.07 Å². The molecule has 0 radical (unpaired) electrons. The molecule has 0 aliphatic carbocycles. The number of hydrogen-bond acceptors (Lipinski definition) is 6. The number of thiophene rings is 1. The maximum Gasteiger partial charge on any atom is 0.223 e. The maximum absolute atomic E-state index is 9.55. The summed E-state index contributed by atoms with van der Waals surface area (Å²) in [6, 6.07) is 2.11. The summed E-state index contributed by atoms with van der Waals surface area (Å²) in [6.45, 7) is 4.77. The lowest BCUT2D eigenvalue weighted by Crippen LogP contribution is -2.13. The standard InChI is InChI=1S/C13H20N4OS/c1-3-8(18)5-6-15-11-10-7-9(4-2)19-12(10)17-13(14)16-11/h7-8,18H,3-6H2,1-2H3,(H3,14,15,16,17). The quantitative estimate of drug-likeness (QED) is 0.756. The highest BCUT2D eigenvalue weighted by atomic mass is 32.1. The Morgan fingerprint density at radius 2 is 2.21 bits per heavy atom. The molecule has 104 valence electrons. The smallest absolute Gasteiger partial charge is 0.223 e. The SMILES string of the molecule is CCc1cc2c(NCCC(O)CC)nc(N)nc2s1. The van der Waals surface area contributed by atoms with E-state index in [9.17, 15) is 5.11 Å². The minimum Gasteiger partial charge on any atom is -0.393 e. The lowest BCUT2D eigenvalue weighted by Gasteiger charge is -2.10. The monoisotopic (exact) mass is 280 g/mol. The molecular formula is C13H20N4OS. The Hall–Kier alpha value is -1.40. The van der Waals surface area contributed by atoms with Crippen molar-refractivity contribution in [2.75, 3.05) is 17.6 Å². The van der Waals surface area contributed by atoms with Crippen LogP contribution in [0.25, 0.3) is 10.2 Å². The molecule has 6 heteroatoms. The van der Waals surface area contributed by atoms with E-state index in [1.165, 1.54) is 4.88 Å². The summed E-state index contributed by atoms with van der Waals surface area (Å²) in [4.78, 5) is 10.7. The maximum atomic E-state index is 9.55. The Morgan fingerprint density at radius 3 is 2.89 bits per heavy atom. The Bertz CT molecular complexity index is 555. The van der Waals surface area contributed by atoms with Crippen LogP contribution in [0.2, 0.25) is 0 Å². The van der Waals surface area contributed by atoms with Crippen molar-refractivity contribution >= 4 is 33.3 Å². The van der Waals surface area contributed by atoms with Crippen molar-refractivity contribution in [2.45, 2.75) is 39.2 Å². The number of aromatic nitrogens is 2. The first-order chi connectivity index (χ1) is 9.13. The number of hydrogen-bond donors (Lipinski definition) is 3. The summed E-state index contributed by atoms with van der Waals surface area (Å²) in [7, 11) is 0. The Labute approximate surface area is 116 Å². The van der Waals surface area contributed by atoms with Gasteiger partial charge in [-0.1, -0.05) is 13.8 Å². The molecule has 1 unspecified atom stereocenters. The van der Waals surface area contributed by atoms with Gasteiger partial charge >= 0.3 is 0 Å². The third-order valence-electron chi connectivity index (χ3n) is 3.05. The first-order valence-electron chi connectivity index (χ1n) is 6.61. The lowest BCUT2D eigenvalue weighted by atomic mass is 10.2. The molecule has 0 spiro atoms. The van der Waals surface area contributed by atoms with Crippen LogP contribution in [0.4, 0.5) is 11.8 Å². The molecule has 0 amide bonds. The third kappa shape index (κ3) is 3.33. The Balaban J connectivity index is 2.19. The summed E-state index contributed by atoms with van der Waals surface area (Å²) in [5, 5.41) is 13.8. The molecule has 2 aromatic heterocycles. The zero-order valence-corrected chi connectivity index (χ0v) is 12.1. The number of fused-ring (bicyclic) bond motifs is 1. The van der Waals surface area contributed by atoms with Crippen LogP contribution >= 0.6 is 11.3 Å². The summed E-state index contributed by atoms with van der Waals surface area (Å²) in [6.07, 6.45) is 2.18. The molecule has 0 saturated carbocycles. The first kappa shape index (κ1) is 14.0. The highest BCUT2D eigenvalue weighted by molar-refractivity contribution is 7.18. The van der Waals surface area contributed by atoms with Crippen LogP contribution in [0.3, 0.4) is 0 Å². The normalized spacial score (nSPS) is 12.8.